The van der Waals surface area contributed by atoms with Gasteiger partial charge < -0.3 is 5.32 Å². The van der Waals surface area contributed by atoms with Crippen molar-refractivity contribution in [2.24, 2.45) is 0 Å². The van der Waals surface area contributed by atoms with Gasteiger partial charge in [0.25, 0.3) is 0 Å². The summed E-state index contributed by atoms with van der Waals surface area (Å²) in [7, 11) is 0. The van der Waals surface area contributed by atoms with Crippen LogP contribution >= 0.6 is 0 Å². The molecular formula is C14H14N4. The summed E-state index contributed by atoms with van der Waals surface area (Å²) in [5.74, 6) is 0.486. The molecular weight excluding hydrogens is 224 g/mol. The molecule has 4 nitrogen and oxygen atoms in total. The summed E-state index contributed by atoms with van der Waals surface area (Å²) in [6, 6.07) is 11.8. The average molecular weight is 238 g/mol. The molecule has 4 heteroatoms. The zero-order valence-electron chi connectivity index (χ0n) is 10.2. The van der Waals surface area contributed by atoms with Crippen molar-refractivity contribution >= 4 is 5.95 Å². The monoisotopic (exact) mass is 238 g/mol. The van der Waals surface area contributed by atoms with Crippen LogP contribution in [0.2, 0.25) is 0 Å². The second-order valence-corrected chi connectivity index (χ2v) is 3.85. The number of hydrogen-bond acceptors (Lipinski definition) is 4. The predicted molar refractivity (Wildman–Crippen MR) is 69.9 cm³/mol. The third-order valence-electron chi connectivity index (χ3n) is 2.71. The minimum Gasteiger partial charge on any atom is -0.350 e. The number of aromatic nitrogens is 2. The van der Waals surface area contributed by atoms with Crippen LogP contribution in [0.15, 0.2) is 36.5 Å². The molecule has 1 heterocycles. The van der Waals surface area contributed by atoms with E-state index < -0.39 is 0 Å². The van der Waals surface area contributed by atoms with Crippen LogP contribution in [0.3, 0.4) is 0 Å². The van der Waals surface area contributed by atoms with Crippen LogP contribution in [-0.2, 0) is 13.0 Å². The van der Waals surface area contributed by atoms with Gasteiger partial charge in [-0.15, -0.1) is 0 Å². The van der Waals surface area contributed by atoms with Crippen molar-refractivity contribution in [1.29, 1.82) is 5.26 Å². The van der Waals surface area contributed by atoms with Crippen LogP contribution in [0.25, 0.3) is 0 Å². The maximum absolute atomic E-state index is 8.76. The lowest BCUT2D eigenvalue weighted by Gasteiger charge is -2.08. The van der Waals surface area contributed by atoms with Crippen molar-refractivity contribution in [1.82, 2.24) is 9.97 Å². The van der Waals surface area contributed by atoms with Gasteiger partial charge in [0.2, 0.25) is 5.95 Å². The molecule has 18 heavy (non-hydrogen) atoms. The number of benzene rings is 1. The SMILES string of the molecule is CCc1ccccc1CNc1nccc(C#N)n1. The van der Waals surface area contributed by atoms with Crippen molar-refractivity contribution in [2.75, 3.05) is 5.32 Å². The Bertz CT molecular complexity index is 572. The lowest BCUT2D eigenvalue weighted by atomic mass is 10.1. The van der Waals surface area contributed by atoms with E-state index in [1.54, 1.807) is 12.3 Å². The van der Waals surface area contributed by atoms with Gasteiger partial charge >= 0.3 is 0 Å². The molecule has 0 aliphatic carbocycles. The van der Waals surface area contributed by atoms with Crippen LogP contribution in [-0.4, -0.2) is 9.97 Å². The first-order valence-electron chi connectivity index (χ1n) is 5.87. The van der Waals surface area contributed by atoms with E-state index in [4.69, 9.17) is 5.26 Å². The maximum atomic E-state index is 8.76. The molecule has 0 radical (unpaired) electrons. The lowest BCUT2D eigenvalue weighted by Crippen LogP contribution is -2.06. The number of anilines is 1. The molecule has 1 N–H and O–H groups in total. The summed E-state index contributed by atoms with van der Waals surface area (Å²) in [6.45, 7) is 2.80. The summed E-state index contributed by atoms with van der Waals surface area (Å²) in [4.78, 5) is 8.16. The van der Waals surface area contributed by atoms with Crippen molar-refractivity contribution < 1.29 is 0 Å². The molecule has 90 valence electrons. The van der Waals surface area contributed by atoms with Gasteiger partial charge in [0.1, 0.15) is 11.8 Å². The van der Waals surface area contributed by atoms with Gasteiger partial charge in [-0.3, -0.25) is 0 Å². The van der Waals surface area contributed by atoms with Crippen LogP contribution in [0.1, 0.15) is 23.7 Å². The minimum atomic E-state index is 0.372. The zero-order chi connectivity index (χ0) is 12.8. The normalized spacial score (nSPS) is 9.78. The second-order valence-electron chi connectivity index (χ2n) is 3.85. The molecule has 2 rings (SSSR count). The first-order valence-corrected chi connectivity index (χ1v) is 5.87. The topological polar surface area (TPSA) is 61.6 Å². The number of nitrogens with one attached hydrogen (secondary N) is 1. The van der Waals surface area contributed by atoms with Gasteiger partial charge in [0.05, 0.1) is 0 Å². The van der Waals surface area contributed by atoms with E-state index in [0.29, 0.717) is 18.2 Å². The van der Waals surface area contributed by atoms with Crippen molar-refractivity contribution in [3.63, 3.8) is 0 Å². The van der Waals surface area contributed by atoms with Gasteiger partial charge in [0, 0.05) is 12.7 Å². The molecule has 1 aromatic heterocycles. The molecule has 0 spiro atoms. The summed E-state index contributed by atoms with van der Waals surface area (Å²) in [5, 5.41) is 11.9. The summed E-state index contributed by atoms with van der Waals surface area (Å²) < 4.78 is 0. The quantitative estimate of drug-likeness (QED) is 0.889. The van der Waals surface area contributed by atoms with Crippen LogP contribution in [0, 0.1) is 11.3 Å². The Kier molecular flexibility index (Phi) is 3.87. The highest BCUT2D eigenvalue weighted by Crippen LogP contribution is 2.11. The third-order valence-corrected chi connectivity index (χ3v) is 2.71. The number of hydrogen-bond donors (Lipinski definition) is 1. The fourth-order valence-corrected chi connectivity index (χ4v) is 1.76. The van der Waals surface area contributed by atoms with Gasteiger partial charge in [-0.05, 0) is 23.6 Å². The molecule has 0 aliphatic rings. The van der Waals surface area contributed by atoms with Crippen molar-refractivity contribution in [3.05, 3.63) is 53.3 Å². The highest BCUT2D eigenvalue weighted by molar-refractivity contribution is 5.34. The number of aryl methyl sites for hydroxylation is 1. The van der Waals surface area contributed by atoms with E-state index in [1.165, 1.54) is 11.1 Å². The van der Waals surface area contributed by atoms with E-state index in [9.17, 15) is 0 Å². The number of nitriles is 1. The molecule has 2 aromatic rings. The van der Waals surface area contributed by atoms with E-state index in [1.807, 2.05) is 18.2 Å². The Morgan fingerprint density at radius 3 is 2.72 bits per heavy atom. The largest absolute Gasteiger partial charge is 0.350 e. The molecule has 0 fully saturated rings. The average Bonchev–Trinajstić information content (AvgIpc) is 2.45. The summed E-state index contributed by atoms with van der Waals surface area (Å²) >= 11 is 0. The van der Waals surface area contributed by atoms with E-state index in [0.717, 1.165) is 6.42 Å². The lowest BCUT2D eigenvalue weighted by molar-refractivity contribution is 1.01. The highest BCUT2D eigenvalue weighted by Gasteiger charge is 2.01. The Balaban J connectivity index is 2.09. The minimum absolute atomic E-state index is 0.372. The fourth-order valence-electron chi connectivity index (χ4n) is 1.76. The molecule has 0 amide bonds. The van der Waals surface area contributed by atoms with Gasteiger partial charge in [-0.25, -0.2) is 9.97 Å². The van der Waals surface area contributed by atoms with Crippen LogP contribution < -0.4 is 5.32 Å². The first kappa shape index (κ1) is 12.1. The molecule has 0 atom stereocenters. The predicted octanol–water partition coefficient (Wildman–Crippen LogP) is 2.52. The zero-order valence-corrected chi connectivity index (χ0v) is 10.2. The fraction of sp³-hybridized carbons (Fsp3) is 0.214. The van der Waals surface area contributed by atoms with E-state index >= 15 is 0 Å². The molecule has 0 saturated carbocycles. The maximum Gasteiger partial charge on any atom is 0.224 e. The van der Waals surface area contributed by atoms with Crippen molar-refractivity contribution in [3.8, 4) is 6.07 Å². The van der Waals surface area contributed by atoms with E-state index in [-0.39, 0.29) is 0 Å². The van der Waals surface area contributed by atoms with E-state index in [2.05, 4.69) is 34.3 Å². The van der Waals surface area contributed by atoms with Crippen LogP contribution in [0.5, 0.6) is 0 Å². The Labute approximate surface area is 106 Å². The van der Waals surface area contributed by atoms with Crippen LogP contribution in [0.4, 0.5) is 5.95 Å². The smallest absolute Gasteiger partial charge is 0.224 e. The third kappa shape index (κ3) is 2.83. The Morgan fingerprint density at radius 1 is 1.22 bits per heavy atom. The molecule has 0 aliphatic heterocycles. The molecule has 1 aromatic carbocycles. The first-order chi connectivity index (χ1) is 8.83. The van der Waals surface area contributed by atoms with Gasteiger partial charge in [0.15, 0.2) is 0 Å². The van der Waals surface area contributed by atoms with Crippen molar-refractivity contribution in [2.45, 2.75) is 19.9 Å². The number of nitrogens with zero attached hydrogens (tertiary/aromatic N) is 3. The second kappa shape index (κ2) is 5.78. The molecule has 0 bridgehead atoms. The Morgan fingerprint density at radius 2 is 2.00 bits per heavy atom. The highest BCUT2D eigenvalue weighted by atomic mass is 15.1. The Hall–Kier alpha value is -2.41. The van der Waals surface area contributed by atoms with Gasteiger partial charge in [-0.1, -0.05) is 31.2 Å². The molecule has 0 unspecified atom stereocenters. The molecule has 0 saturated heterocycles. The number of rotatable bonds is 4. The standard InChI is InChI=1S/C14H14N4/c1-2-11-5-3-4-6-12(11)10-17-14-16-8-7-13(9-15)18-14/h3-8H,2,10H2,1H3,(H,16,17,18). The van der Waals surface area contributed by atoms with Gasteiger partial charge in [-0.2, -0.15) is 5.26 Å². The summed E-state index contributed by atoms with van der Waals surface area (Å²) in [5.41, 5.74) is 2.91. The summed E-state index contributed by atoms with van der Waals surface area (Å²) in [6.07, 6.45) is 2.58.